The predicted octanol–water partition coefficient (Wildman–Crippen LogP) is 3.24. The number of hydrogen-bond acceptors (Lipinski definition) is 3. The van der Waals surface area contributed by atoms with Crippen LogP contribution in [-0.4, -0.2) is 17.9 Å². The quantitative estimate of drug-likeness (QED) is 0.930. The predicted molar refractivity (Wildman–Crippen MR) is 70.3 cm³/mol. The Bertz CT molecular complexity index is 508. The lowest BCUT2D eigenvalue weighted by Gasteiger charge is -2.25. The fourth-order valence-corrected chi connectivity index (χ4v) is 2.98. The van der Waals surface area contributed by atoms with Gasteiger partial charge < -0.3 is 14.6 Å². The molecule has 1 aromatic rings. The van der Waals surface area contributed by atoms with Crippen LogP contribution < -0.4 is 9.47 Å². The first kappa shape index (κ1) is 13.2. The van der Waals surface area contributed by atoms with Gasteiger partial charge in [-0.15, -0.1) is 0 Å². The lowest BCUT2D eigenvalue weighted by Crippen LogP contribution is -2.22. The molecule has 0 atom stereocenters. The number of hydrogen-bond donors (Lipinski definition) is 1. The third kappa shape index (κ3) is 2.19. The fraction of sp³-hybridized carbons (Fsp3) is 0.462. The van der Waals surface area contributed by atoms with E-state index in [1.807, 2.05) is 26.8 Å². The fourth-order valence-electron chi connectivity index (χ4n) is 2.15. The van der Waals surface area contributed by atoms with E-state index in [0.717, 1.165) is 21.3 Å². The maximum atomic E-state index is 10.9. The Morgan fingerprint density at radius 3 is 2.78 bits per heavy atom. The van der Waals surface area contributed by atoms with Gasteiger partial charge in [0.05, 0.1) is 6.42 Å². The van der Waals surface area contributed by atoms with E-state index < -0.39 is 11.4 Å². The Kier molecular flexibility index (Phi) is 3.27. The number of fused-ring (bicyclic) bond motifs is 1. The van der Waals surface area contributed by atoms with Gasteiger partial charge in [0, 0.05) is 15.5 Å². The van der Waals surface area contributed by atoms with E-state index in [1.54, 1.807) is 0 Å². The number of halogens is 1. The average molecular weight is 315 g/mol. The topological polar surface area (TPSA) is 55.8 Å². The van der Waals surface area contributed by atoms with E-state index in [4.69, 9.17) is 14.6 Å². The monoisotopic (exact) mass is 314 g/mol. The van der Waals surface area contributed by atoms with Crippen LogP contribution in [0.3, 0.4) is 0 Å². The molecule has 2 rings (SSSR count). The molecule has 5 heteroatoms. The van der Waals surface area contributed by atoms with Crippen LogP contribution in [-0.2, 0) is 10.2 Å². The van der Waals surface area contributed by atoms with Crippen LogP contribution >= 0.6 is 15.9 Å². The zero-order valence-electron chi connectivity index (χ0n) is 10.5. The van der Waals surface area contributed by atoms with Gasteiger partial charge in [-0.05, 0) is 18.6 Å². The summed E-state index contributed by atoms with van der Waals surface area (Å²) in [5.41, 5.74) is 1.39. The van der Waals surface area contributed by atoms with Crippen molar-refractivity contribution in [2.75, 3.05) is 6.79 Å². The van der Waals surface area contributed by atoms with Crippen LogP contribution in [0.2, 0.25) is 0 Å². The van der Waals surface area contributed by atoms with Crippen LogP contribution in [0.4, 0.5) is 0 Å². The summed E-state index contributed by atoms with van der Waals surface area (Å²) in [6, 6.07) is 1.86. The number of benzene rings is 1. The van der Waals surface area contributed by atoms with Gasteiger partial charge in [0.1, 0.15) is 0 Å². The minimum Gasteiger partial charge on any atom is -0.481 e. The van der Waals surface area contributed by atoms with Crippen molar-refractivity contribution in [3.63, 3.8) is 0 Å². The summed E-state index contributed by atoms with van der Waals surface area (Å²) in [4.78, 5) is 10.9. The standard InChI is InChI=1S/C13H15BrO4/c1-7-11(14)8(13(2,3)5-10(15)16)4-9-12(7)18-6-17-9/h4H,5-6H2,1-3H3,(H,15,16). The summed E-state index contributed by atoms with van der Waals surface area (Å²) in [6.07, 6.45) is 0.0602. The number of carboxylic acid groups (broad SMARTS) is 1. The number of aliphatic carboxylic acids is 1. The Morgan fingerprint density at radius 1 is 1.50 bits per heavy atom. The summed E-state index contributed by atoms with van der Waals surface area (Å²) >= 11 is 3.53. The van der Waals surface area contributed by atoms with Crippen molar-refractivity contribution in [3.05, 3.63) is 21.7 Å². The molecule has 0 saturated carbocycles. The summed E-state index contributed by atoms with van der Waals surface area (Å²) in [6.45, 7) is 5.95. The molecule has 18 heavy (non-hydrogen) atoms. The van der Waals surface area contributed by atoms with Gasteiger partial charge in [-0.1, -0.05) is 29.8 Å². The highest BCUT2D eigenvalue weighted by molar-refractivity contribution is 9.10. The van der Waals surface area contributed by atoms with Crippen molar-refractivity contribution >= 4 is 21.9 Å². The van der Waals surface area contributed by atoms with Crippen molar-refractivity contribution in [3.8, 4) is 11.5 Å². The van der Waals surface area contributed by atoms with Gasteiger partial charge in [-0.25, -0.2) is 0 Å². The molecular formula is C13H15BrO4. The maximum Gasteiger partial charge on any atom is 0.304 e. The zero-order chi connectivity index (χ0) is 13.5. The highest BCUT2D eigenvalue weighted by atomic mass is 79.9. The first-order valence-corrected chi connectivity index (χ1v) is 6.43. The van der Waals surface area contributed by atoms with Crippen LogP contribution in [0, 0.1) is 6.92 Å². The Morgan fingerprint density at radius 2 is 2.17 bits per heavy atom. The molecular weight excluding hydrogens is 300 g/mol. The second kappa shape index (κ2) is 4.46. The molecule has 0 bridgehead atoms. The van der Waals surface area contributed by atoms with Gasteiger partial charge in [0.15, 0.2) is 11.5 Å². The highest BCUT2D eigenvalue weighted by Gasteiger charge is 2.30. The first-order valence-electron chi connectivity index (χ1n) is 5.64. The smallest absolute Gasteiger partial charge is 0.304 e. The molecule has 0 unspecified atom stereocenters. The molecule has 0 fully saturated rings. The van der Waals surface area contributed by atoms with Crippen molar-refractivity contribution in [2.45, 2.75) is 32.6 Å². The molecule has 1 aliphatic heterocycles. The summed E-state index contributed by atoms with van der Waals surface area (Å²) < 4.78 is 11.7. The Balaban J connectivity index is 2.52. The lowest BCUT2D eigenvalue weighted by atomic mass is 9.81. The summed E-state index contributed by atoms with van der Waals surface area (Å²) in [5, 5.41) is 8.99. The second-order valence-corrected chi connectivity index (χ2v) is 5.84. The van der Waals surface area contributed by atoms with Gasteiger partial charge in [0.2, 0.25) is 6.79 Å². The van der Waals surface area contributed by atoms with Gasteiger partial charge in [-0.2, -0.15) is 0 Å². The first-order chi connectivity index (χ1) is 8.33. The van der Waals surface area contributed by atoms with Crippen LogP contribution in [0.15, 0.2) is 10.5 Å². The van der Waals surface area contributed by atoms with Crippen molar-refractivity contribution in [1.82, 2.24) is 0 Å². The molecule has 1 aromatic carbocycles. The molecule has 0 radical (unpaired) electrons. The van der Waals surface area contributed by atoms with Gasteiger partial charge in [0.25, 0.3) is 0 Å². The normalized spacial score (nSPS) is 13.8. The van der Waals surface area contributed by atoms with E-state index in [9.17, 15) is 4.79 Å². The van der Waals surface area contributed by atoms with Crippen LogP contribution in [0.25, 0.3) is 0 Å². The van der Waals surface area contributed by atoms with E-state index in [-0.39, 0.29) is 13.2 Å². The number of carbonyl (C=O) groups is 1. The number of carboxylic acids is 1. The highest BCUT2D eigenvalue weighted by Crippen LogP contribution is 2.45. The molecule has 1 heterocycles. The minimum atomic E-state index is -0.817. The molecule has 0 amide bonds. The van der Waals surface area contributed by atoms with Crippen molar-refractivity contribution in [1.29, 1.82) is 0 Å². The summed E-state index contributed by atoms with van der Waals surface area (Å²) in [5.74, 6) is 0.600. The molecule has 1 N–H and O–H groups in total. The van der Waals surface area contributed by atoms with E-state index in [2.05, 4.69) is 15.9 Å². The van der Waals surface area contributed by atoms with Gasteiger partial charge >= 0.3 is 5.97 Å². The zero-order valence-corrected chi connectivity index (χ0v) is 12.1. The number of ether oxygens (including phenoxy) is 2. The SMILES string of the molecule is Cc1c(Br)c(C(C)(C)CC(=O)O)cc2c1OCO2. The molecule has 98 valence electrons. The maximum absolute atomic E-state index is 10.9. The molecule has 0 aliphatic carbocycles. The Labute approximate surface area is 114 Å². The third-order valence-corrected chi connectivity index (χ3v) is 4.17. The molecule has 0 spiro atoms. The molecule has 4 nitrogen and oxygen atoms in total. The van der Waals surface area contributed by atoms with E-state index in [1.165, 1.54) is 0 Å². The third-order valence-electron chi connectivity index (χ3n) is 3.15. The summed E-state index contributed by atoms with van der Waals surface area (Å²) in [7, 11) is 0. The van der Waals surface area contributed by atoms with Crippen LogP contribution in [0.5, 0.6) is 11.5 Å². The van der Waals surface area contributed by atoms with E-state index >= 15 is 0 Å². The number of rotatable bonds is 3. The molecule has 0 saturated heterocycles. The molecule has 0 aromatic heterocycles. The second-order valence-electron chi connectivity index (χ2n) is 5.05. The van der Waals surface area contributed by atoms with Crippen molar-refractivity contribution in [2.24, 2.45) is 0 Å². The minimum absolute atomic E-state index is 0.0602. The van der Waals surface area contributed by atoms with Crippen molar-refractivity contribution < 1.29 is 19.4 Å². The van der Waals surface area contributed by atoms with Gasteiger partial charge in [-0.3, -0.25) is 4.79 Å². The lowest BCUT2D eigenvalue weighted by molar-refractivity contribution is -0.138. The average Bonchev–Trinajstić information content (AvgIpc) is 2.69. The van der Waals surface area contributed by atoms with E-state index in [0.29, 0.717) is 5.75 Å². The Hall–Kier alpha value is -1.23. The van der Waals surface area contributed by atoms with Crippen LogP contribution in [0.1, 0.15) is 31.4 Å². The molecule has 1 aliphatic rings. The largest absolute Gasteiger partial charge is 0.481 e.